The highest BCUT2D eigenvalue weighted by Gasteiger charge is 2.35. The van der Waals surface area contributed by atoms with Crippen LogP contribution in [0.15, 0.2) is 77.8 Å². The van der Waals surface area contributed by atoms with Crippen LogP contribution in [0, 0.1) is 28.6 Å². The summed E-state index contributed by atoms with van der Waals surface area (Å²) < 4.78 is 0. The van der Waals surface area contributed by atoms with Crippen molar-refractivity contribution in [2.45, 2.75) is 32.4 Å². The molecule has 1 saturated heterocycles. The van der Waals surface area contributed by atoms with Gasteiger partial charge in [-0.2, -0.15) is 5.26 Å². The largest absolute Gasteiger partial charge is 0.337 e. The summed E-state index contributed by atoms with van der Waals surface area (Å²) in [6.07, 6.45) is 3.83. The number of benzene rings is 3. The van der Waals surface area contributed by atoms with Gasteiger partial charge in [0.05, 0.1) is 17.3 Å². The van der Waals surface area contributed by atoms with Gasteiger partial charge in [-0.1, -0.05) is 48.0 Å². The molecule has 198 valence electrons. The van der Waals surface area contributed by atoms with E-state index < -0.39 is 5.92 Å². The number of piperidine rings is 1. The zero-order valence-electron chi connectivity index (χ0n) is 21.9. The van der Waals surface area contributed by atoms with Crippen LogP contribution in [0.2, 0.25) is 5.02 Å². The Morgan fingerprint density at radius 3 is 2.38 bits per heavy atom. The molecule has 1 atom stereocenters. The molecule has 1 N–H and O–H groups in total. The number of aliphatic imine (C=N–C) groups is 1. The fourth-order valence-electron chi connectivity index (χ4n) is 5.57. The van der Waals surface area contributed by atoms with E-state index in [4.69, 9.17) is 27.3 Å². The highest BCUT2D eigenvalue weighted by Crippen LogP contribution is 2.29. The molecule has 0 aromatic heterocycles. The van der Waals surface area contributed by atoms with Gasteiger partial charge in [0.2, 0.25) is 5.91 Å². The quantitative estimate of drug-likeness (QED) is 0.372. The summed E-state index contributed by atoms with van der Waals surface area (Å²) in [5, 5.41) is 18.0. The molecular weight excluding hydrogens is 506 g/mol. The molecule has 0 radical (unpaired) electrons. The number of hydrogen-bond acceptors (Lipinski definition) is 5. The predicted molar refractivity (Wildman–Crippen MR) is 156 cm³/mol. The number of amides is 1. The summed E-state index contributed by atoms with van der Waals surface area (Å²) in [4.78, 5) is 23.1. The normalized spacial score (nSPS) is 17.2. The van der Waals surface area contributed by atoms with Crippen molar-refractivity contribution in [2.75, 3.05) is 19.6 Å². The Kier molecular flexibility index (Phi) is 8.51. The van der Waals surface area contributed by atoms with Gasteiger partial charge in [-0.25, -0.2) is 0 Å². The Hall–Kier alpha value is -3.79. The molecule has 6 nitrogen and oxygen atoms in total. The third-order valence-corrected chi connectivity index (χ3v) is 8.03. The molecule has 3 aromatic carbocycles. The number of halogens is 1. The number of nitriles is 1. The first kappa shape index (κ1) is 26.8. The Labute approximate surface area is 235 Å². The van der Waals surface area contributed by atoms with Crippen LogP contribution >= 0.6 is 11.6 Å². The van der Waals surface area contributed by atoms with Gasteiger partial charge in [-0.15, -0.1) is 0 Å². The monoisotopic (exact) mass is 537 g/mol. The molecule has 2 aliphatic rings. The number of likely N-dealkylation sites (tertiary alicyclic amines) is 1. The highest BCUT2D eigenvalue weighted by atomic mass is 35.5. The van der Waals surface area contributed by atoms with Gasteiger partial charge in [0.1, 0.15) is 5.92 Å². The average Bonchev–Trinajstić information content (AvgIpc) is 2.98. The van der Waals surface area contributed by atoms with Crippen molar-refractivity contribution >= 4 is 35.1 Å². The molecule has 5 rings (SSSR count). The fraction of sp³-hybridized carbons (Fsp3) is 0.312. The average molecular weight is 538 g/mol. The van der Waals surface area contributed by atoms with Crippen LogP contribution in [0.3, 0.4) is 0 Å². The van der Waals surface area contributed by atoms with E-state index >= 15 is 0 Å². The number of rotatable bonds is 7. The van der Waals surface area contributed by atoms with E-state index in [0.717, 1.165) is 50.3 Å². The van der Waals surface area contributed by atoms with Crippen molar-refractivity contribution in [3.8, 4) is 6.07 Å². The van der Waals surface area contributed by atoms with Gasteiger partial charge in [0, 0.05) is 42.5 Å². The van der Waals surface area contributed by atoms with Crippen LogP contribution in [-0.4, -0.2) is 47.3 Å². The zero-order chi connectivity index (χ0) is 27.2. The minimum Gasteiger partial charge on any atom is -0.337 e. The lowest BCUT2D eigenvalue weighted by atomic mass is 9.84. The summed E-state index contributed by atoms with van der Waals surface area (Å²) in [5.41, 5.74) is 5.83. The second-order valence-electron chi connectivity index (χ2n) is 10.3. The maximum absolute atomic E-state index is 13.9. The molecule has 2 aliphatic heterocycles. The van der Waals surface area contributed by atoms with Crippen molar-refractivity contribution in [3.63, 3.8) is 0 Å². The van der Waals surface area contributed by atoms with Crippen molar-refractivity contribution in [1.82, 2.24) is 9.80 Å². The Bertz CT molecular complexity index is 1390. The smallest absolute Gasteiger partial charge is 0.237 e. The van der Waals surface area contributed by atoms with E-state index in [0.29, 0.717) is 23.7 Å². The van der Waals surface area contributed by atoms with Crippen LogP contribution < -0.4 is 0 Å². The summed E-state index contributed by atoms with van der Waals surface area (Å²) in [6, 6.07) is 25.5. The van der Waals surface area contributed by atoms with Crippen molar-refractivity contribution in [1.29, 1.82) is 10.7 Å². The lowest BCUT2D eigenvalue weighted by Crippen LogP contribution is -2.46. The van der Waals surface area contributed by atoms with Crippen molar-refractivity contribution < 1.29 is 4.79 Å². The number of nitrogens with one attached hydrogen (secondary N) is 1. The van der Waals surface area contributed by atoms with Crippen LogP contribution in [0.1, 0.15) is 35.1 Å². The first-order valence-electron chi connectivity index (χ1n) is 13.5. The molecular formula is C32H32ClN5O. The third-order valence-electron chi connectivity index (χ3n) is 7.77. The molecule has 7 heteroatoms. The minimum absolute atomic E-state index is 0.0489. The molecule has 1 amide bonds. The number of hydrogen-bond donors (Lipinski definition) is 1. The third kappa shape index (κ3) is 6.44. The lowest BCUT2D eigenvalue weighted by molar-refractivity contribution is -0.132. The van der Waals surface area contributed by atoms with Crippen molar-refractivity contribution in [2.24, 2.45) is 16.8 Å². The summed E-state index contributed by atoms with van der Waals surface area (Å²) in [6.45, 7) is 3.79. The summed E-state index contributed by atoms with van der Waals surface area (Å²) in [7, 11) is 0. The summed E-state index contributed by atoms with van der Waals surface area (Å²) in [5.74, 6) is -0.640. The Morgan fingerprint density at radius 2 is 1.72 bits per heavy atom. The lowest BCUT2D eigenvalue weighted by Gasteiger charge is -2.36. The molecule has 0 saturated carbocycles. The van der Waals surface area contributed by atoms with E-state index in [2.05, 4.69) is 23.1 Å². The maximum Gasteiger partial charge on any atom is 0.237 e. The second kappa shape index (κ2) is 12.4. The molecule has 0 bridgehead atoms. The van der Waals surface area contributed by atoms with Gasteiger partial charge in [-0.05, 0) is 85.4 Å². The molecule has 1 unspecified atom stereocenters. The van der Waals surface area contributed by atoms with Crippen LogP contribution in [0.25, 0.3) is 0 Å². The van der Waals surface area contributed by atoms with Gasteiger partial charge in [0.15, 0.2) is 0 Å². The first-order chi connectivity index (χ1) is 19.0. The van der Waals surface area contributed by atoms with Gasteiger partial charge >= 0.3 is 0 Å². The molecule has 3 aromatic rings. The summed E-state index contributed by atoms with van der Waals surface area (Å²) >= 11 is 6.11. The molecule has 0 spiro atoms. The number of fused-ring (bicyclic) bond motifs is 1. The number of carbonyl (C=O) groups excluding carboxylic acids is 1. The molecule has 39 heavy (non-hydrogen) atoms. The SMILES string of the molecule is N#Cc1ccc(CN2CCC(C(=Nc3ccc(Cl)cc3)C(C=N)C(=O)N3CCc4ccccc4C3)CC2)cc1. The van der Waals surface area contributed by atoms with E-state index in [1.165, 1.54) is 22.9 Å². The number of carbonyl (C=O) groups is 1. The Morgan fingerprint density at radius 1 is 1.03 bits per heavy atom. The Balaban J connectivity index is 1.34. The van der Waals surface area contributed by atoms with Crippen LogP contribution in [-0.2, 0) is 24.3 Å². The molecule has 2 heterocycles. The topological polar surface area (TPSA) is 83.5 Å². The predicted octanol–water partition coefficient (Wildman–Crippen LogP) is 6.05. The maximum atomic E-state index is 13.9. The van der Waals surface area contributed by atoms with E-state index in [1.54, 1.807) is 12.1 Å². The standard InChI is InChI=1S/C32H32ClN5O/c33-28-9-11-29(12-10-28)36-31(26-13-16-37(17-14-26)21-24-7-5-23(19-34)6-8-24)30(20-35)32(39)38-18-15-25-3-1-2-4-27(25)22-38/h1-12,20,26,30,35H,13-18,21-22H2. The van der Waals surface area contributed by atoms with E-state index in [1.807, 2.05) is 53.4 Å². The van der Waals surface area contributed by atoms with Gasteiger partial charge < -0.3 is 10.3 Å². The van der Waals surface area contributed by atoms with E-state index in [9.17, 15) is 4.79 Å². The molecule has 1 fully saturated rings. The van der Waals surface area contributed by atoms with Gasteiger partial charge in [0.25, 0.3) is 0 Å². The van der Waals surface area contributed by atoms with Gasteiger partial charge in [-0.3, -0.25) is 14.7 Å². The number of nitrogens with zero attached hydrogens (tertiary/aromatic N) is 4. The van der Waals surface area contributed by atoms with Crippen molar-refractivity contribution in [3.05, 3.63) is 100 Å². The second-order valence-corrected chi connectivity index (χ2v) is 10.7. The molecule has 0 aliphatic carbocycles. The first-order valence-corrected chi connectivity index (χ1v) is 13.8. The zero-order valence-corrected chi connectivity index (χ0v) is 22.6. The fourth-order valence-corrected chi connectivity index (χ4v) is 5.70. The van der Waals surface area contributed by atoms with E-state index in [-0.39, 0.29) is 11.8 Å². The highest BCUT2D eigenvalue weighted by molar-refractivity contribution is 6.30. The van der Waals surface area contributed by atoms with Crippen LogP contribution in [0.5, 0.6) is 0 Å². The van der Waals surface area contributed by atoms with Crippen LogP contribution in [0.4, 0.5) is 5.69 Å². The minimum atomic E-state index is -0.694.